The van der Waals surface area contributed by atoms with Gasteiger partial charge in [0.15, 0.2) is 0 Å². The van der Waals surface area contributed by atoms with Crippen molar-refractivity contribution in [2.45, 2.75) is 482 Å². The van der Waals surface area contributed by atoms with E-state index < -0.39 is 12.1 Å². The number of esters is 1. The fourth-order valence-corrected chi connectivity index (χ4v) is 13.4. The molecule has 6 heteroatoms. The Morgan fingerprint density at radius 2 is 0.538 bits per heavy atom. The van der Waals surface area contributed by atoms with Crippen molar-refractivity contribution in [3.8, 4) is 0 Å². The fourth-order valence-electron chi connectivity index (χ4n) is 13.4. The van der Waals surface area contributed by atoms with Gasteiger partial charge in [-0.3, -0.25) is 9.59 Å². The minimum atomic E-state index is -0.844. The first-order chi connectivity index (χ1) is 46.0. The number of unbranched alkanes of at least 4 members (excludes halogenated alkanes) is 63. The Morgan fingerprint density at radius 3 is 0.849 bits per heavy atom. The third-order valence-corrected chi connectivity index (χ3v) is 19.8. The monoisotopic (exact) mass is 1300 g/mol. The summed E-state index contributed by atoms with van der Waals surface area (Å²) in [4.78, 5) is 24.7. The molecule has 3 N–H and O–H groups in total. The molecule has 0 spiro atoms. The molecule has 0 aromatic rings. The molecule has 6 nitrogen and oxygen atoms in total. The molecule has 0 bridgehead atoms. The van der Waals surface area contributed by atoms with Crippen LogP contribution in [0.1, 0.15) is 470 Å². The van der Waals surface area contributed by atoms with Gasteiger partial charge in [-0.25, -0.2) is 0 Å². The SMILES string of the molecule is CCCCC/C=C\C/C=C\CCCCCCCCCCCC(=O)OCCCCCCCCCCCCCCCC/C=C\CCCCCCCCCCCCCCCCCCCC(=O)NC(CO)C(O)/C=C/CCCCCCCCCCCCCCCCCCCCCC. The van der Waals surface area contributed by atoms with Crippen LogP contribution in [0.4, 0.5) is 0 Å². The van der Waals surface area contributed by atoms with Crippen molar-refractivity contribution in [1.82, 2.24) is 5.32 Å². The summed E-state index contributed by atoms with van der Waals surface area (Å²) < 4.78 is 5.52. The molecule has 0 aromatic carbocycles. The Kier molecular flexibility index (Phi) is 80.3. The maximum absolute atomic E-state index is 12.6. The number of amides is 1. The third-order valence-electron chi connectivity index (χ3n) is 19.8. The maximum Gasteiger partial charge on any atom is 0.305 e. The topological polar surface area (TPSA) is 95.9 Å². The van der Waals surface area contributed by atoms with Gasteiger partial charge < -0.3 is 20.3 Å². The van der Waals surface area contributed by atoms with Gasteiger partial charge in [0.2, 0.25) is 5.91 Å². The second kappa shape index (κ2) is 82.2. The van der Waals surface area contributed by atoms with Gasteiger partial charge in [0.1, 0.15) is 0 Å². The number of ether oxygens (including phenoxy) is 1. The Bertz CT molecular complexity index is 1550. The van der Waals surface area contributed by atoms with Crippen molar-refractivity contribution < 1.29 is 24.5 Å². The van der Waals surface area contributed by atoms with Crippen LogP contribution < -0.4 is 5.32 Å². The maximum atomic E-state index is 12.6. The Morgan fingerprint density at radius 1 is 0.301 bits per heavy atom. The summed E-state index contributed by atoms with van der Waals surface area (Å²) in [6.45, 7) is 4.93. The molecular weight excluding hydrogens is 1140 g/mol. The van der Waals surface area contributed by atoms with E-state index in [4.69, 9.17) is 4.74 Å². The van der Waals surface area contributed by atoms with Gasteiger partial charge in [0.25, 0.3) is 0 Å². The first-order valence-electron chi connectivity index (χ1n) is 42.4. The average Bonchev–Trinajstić information content (AvgIpc) is 3.65. The zero-order valence-corrected chi connectivity index (χ0v) is 63.0. The summed E-state index contributed by atoms with van der Waals surface area (Å²) in [7, 11) is 0. The molecule has 2 atom stereocenters. The predicted molar refractivity (Wildman–Crippen MR) is 412 cm³/mol. The molecule has 0 aliphatic heterocycles. The lowest BCUT2D eigenvalue weighted by Crippen LogP contribution is -2.45. The standard InChI is InChI=1S/C87H165NO5/c1-3-5-7-9-11-13-15-17-19-21-23-24-40-44-47-51-55-59-63-67-71-75-79-85(90)84(83-89)88-86(91)80-76-72-68-64-60-56-52-48-45-41-38-36-34-32-30-28-26-25-27-29-31-33-35-37-39-42-46-50-54-58-62-66-70-74-78-82-93-87(92)81-77-73-69-65-61-57-53-49-43-22-20-18-16-14-12-10-8-6-4-2/h12,14,18,20,27,29,75,79,84-85,89-90H,3-11,13,15-17,19,21-26,28,30-74,76-78,80-83H2,1-2H3,(H,88,91)/b14-12-,20-18-,29-27-,79-75+. The van der Waals surface area contributed by atoms with E-state index in [2.05, 4.69) is 55.6 Å². The second-order valence-corrected chi connectivity index (χ2v) is 29.2. The molecule has 1 amide bonds. The molecule has 0 saturated carbocycles. The Hall–Kier alpha value is -2.18. The number of aliphatic hydroxyl groups is 2. The van der Waals surface area contributed by atoms with Crippen LogP contribution in [0, 0.1) is 0 Å². The number of aliphatic hydroxyl groups excluding tert-OH is 2. The van der Waals surface area contributed by atoms with Crippen LogP contribution in [0.25, 0.3) is 0 Å². The third kappa shape index (κ3) is 78.7. The molecule has 0 heterocycles. The summed E-state index contributed by atoms with van der Waals surface area (Å²) in [6, 6.07) is -0.627. The minimum Gasteiger partial charge on any atom is -0.466 e. The van der Waals surface area contributed by atoms with Crippen LogP contribution in [0.2, 0.25) is 0 Å². The van der Waals surface area contributed by atoms with Crippen molar-refractivity contribution in [2.24, 2.45) is 0 Å². The lowest BCUT2D eigenvalue weighted by molar-refractivity contribution is -0.143. The van der Waals surface area contributed by atoms with Gasteiger partial charge in [-0.2, -0.15) is 0 Å². The number of hydrogen-bond acceptors (Lipinski definition) is 5. The smallest absolute Gasteiger partial charge is 0.305 e. The van der Waals surface area contributed by atoms with E-state index in [0.29, 0.717) is 19.4 Å². The summed E-state index contributed by atoms with van der Waals surface area (Å²) in [5.74, 6) is -0.0428. The van der Waals surface area contributed by atoms with Gasteiger partial charge in [0.05, 0.1) is 25.4 Å². The Labute approximate surface area is 582 Å². The molecular formula is C87H165NO5. The van der Waals surface area contributed by atoms with E-state index >= 15 is 0 Å². The van der Waals surface area contributed by atoms with E-state index in [-0.39, 0.29) is 18.5 Å². The molecule has 0 fully saturated rings. The number of rotatable bonds is 80. The van der Waals surface area contributed by atoms with Crippen LogP contribution in [0.5, 0.6) is 0 Å². The van der Waals surface area contributed by atoms with Gasteiger partial charge in [0, 0.05) is 12.8 Å². The number of carbonyl (C=O) groups excluding carboxylic acids is 2. The van der Waals surface area contributed by atoms with Gasteiger partial charge in [-0.15, -0.1) is 0 Å². The molecule has 93 heavy (non-hydrogen) atoms. The summed E-state index contributed by atoms with van der Waals surface area (Å²) in [5.41, 5.74) is 0. The zero-order chi connectivity index (χ0) is 67.0. The molecule has 0 radical (unpaired) electrons. The molecule has 0 aliphatic carbocycles. The lowest BCUT2D eigenvalue weighted by atomic mass is 10.0. The predicted octanol–water partition coefficient (Wildman–Crippen LogP) is 28.3. The number of allylic oxidation sites excluding steroid dienone is 7. The molecule has 0 saturated heterocycles. The summed E-state index contributed by atoms with van der Waals surface area (Å²) in [5, 5.41) is 23.3. The number of hydrogen-bond donors (Lipinski definition) is 3. The largest absolute Gasteiger partial charge is 0.466 e. The van der Waals surface area contributed by atoms with Gasteiger partial charge in [-0.1, -0.05) is 416 Å². The summed E-state index contributed by atoms with van der Waals surface area (Å²) in [6.07, 6.45) is 110. The van der Waals surface area contributed by atoms with Crippen molar-refractivity contribution in [2.75, 3.05) is 13.2 Å². The quantitative estimate of drug-likeness (QED) is 0.0320. The molecule has 0 rings (SSSR count). The van der Waals surface area contributed by atoms with E-state index in [1.54, 1.807) is 6.08 Å². The number of nitrogens with one attached hydrogen (secondary N) is 1. The molecule has 0 aliphatic rings. The lowest BCUT2D eigenvalue weighted by Gasteiger charge is -2.20. The van der Waals surface area contributed by atoms with Crippen molar-refractivity contribution in [1.29, 1.82) is 0 Å². The second-order valence-electron chi connectivity index (χ2n) is 29.2. The first-order valence-corrected chi connectivity index (χ1v) is 42.4. The van der Waals surface area contributed by atoms with Gasteiger partial charge in [-0.05, 0) is 89.9 Å². The fraction of sp³-hybridized carbons (Fsp3) is 0.885. The average molecular weight is 1310 g/mol. The highest BCUT2D eigenvalue weighted by atomic mass is 16.5. The van der Waals surface area contributed by atoms with Crippen molar-refractivity contribution in [3.63, 3.8) is 0 Å². The van der Waals surface area contributed by atoms with Crippen molar-refractivity contribution in [3.05, 3.63) is 48.6 Å². The van der Waals surface area contributed by atoms with Crippen LogP contribution in [0.15, 0.2) is 48.6 Å². The van der Waals surface area contributed by atoms with Crippen LogP contribution in [-0.2, 0) is 14.3 Å². The molecule has 548 valence electrons. The van der Waals surface area contributed by atoms with Crippen molar-refractivity contribution >= 4 is 11.9 Å². The molecule has 0 aromatic heterocycles. The van der Waals surface area contributed by atoms with E-state index in [1.807, 2.05) is 6.08 Å². The summed E-state index contributed by atoms with van der Waals surface area (Å²) >= 11 is 0. The zero-order valence-electron chi connectivity index (χ0n) is 63.0. The highest BCUT2D eigenvalue weighted by Gasteiger charge is 2.18. The highest BCUT2D eigenvalue weighted by molar-refractivity contribution is 5.76. The van der Waals surface area contributed by atoms with E-state index in [1.165, 1.54) is 392 Å². The molecule has 2 unspecified atom stereocenters. The van der Waals surface area contributed by atoms with Crippen LogP contribution >= 0.6 is 0 Å². The highest BCUT2D eigenvalue weighted by Crippen LogP contribution is 2.20. The first kappa shape index (κ1) is 90.8. The van der Waals surface area contributed by atoms with Crippen LogP contribution in [-0.4, -0.2) is 47.4 Å². The Balaban J connectivity index is 3.36. The van der Waals surface area contributed by atoms with E-state index in [0.717, 1.165) is 51.4 Å². The number of carbonyl (C=O) groups is 2. The van der Waals surface area contributed by atoms with Gasteiger partial charge >= 0.3 is 5.97 Å². The van der Waals surface area contributed by atoms with Crippen LogP contribution in [0.3, 0.4) is 0 Å². The van der Waals surface area contributed by atoms with E-state index in [9.17, 15) is 19.8 Å². The minimum absolute atomic E-state index is 0.0169. The normalized spacial score (nSPS) is 12.7.